The molecular weight excluding hydrogens is 483 g/mol. The van der Waals surface area contributed by atoms with E-state index in [1.807, 2.05) is 30.9 Å². The predicted octanol–water partition coefficient (Wildman–Crippen LogP) is 4.41. The Kier molecular flexibility index (Phi) is 4.56. The van der Waals surface area contributed by atoms with Crippen molar-refractivity contribution >= 4 is 40.7 Å². The molecule has 2 aromatic carbocycles. The number of anilines is 2. The van der Waals surface area contributed by atoms with Crippen molar-refractivity contribution in [3.63, 3.8) is 0 Å². The first-order chi connectivity index (χ1) is 16.5. The number of nitrogens with zero attached hydrogens (tertiary/aromatic N) is 2. The van der Waals surface area contributed by atoms with Gasteiger partial charge in [-0.3, -0.25) is 19.3 Å². The van der Waals surface area contributed by atoms with E-state index in [1.54, 1.807) is 0 Å². The average Bonchev–Trinajstić information content (AvgIpc) is 3.50. The molecule has 0 unspecified atom stereocenters. The Morgan fingerprint density at radius 3 is 2.54 bits per heavy atom. The van der Waals surface area contributed by atoms with Crippen LogP contribution in [0, 0.1) is 25.7 Å². The molecule has 4 aliphatic heterocycles. The van der Waals surface area contributed by atoms with Gasteiger partial charge in [-0.05, 0) is 62.6 Å². The van der Waals surface area contributed by atoms with Gasteiger partial charge in [0, 0.05) is 17.3 Å². The van der Waals surface area contributed by atoms with Crippen LogP contribution in [0.5, 0.6) is 0 Å². The van der Waals surface area contributed by atoms with Crippen LogP contribution in [0.25, 0.3) is 0 Å². The summed E-state index contributed by atoms with van der Waals surface area (Å²) in [6.07, 6.45) is -3.32. The number of benzene rings is 2. The van der Waals surface area contributed by atoms with Gasteiger partial charge in [-0.2, -0.15) is 13.2 Å². The molecule has 1 spiro atoms. The number of hydrogen-bond donors (Lipinski definition) is 1. The van der Waals surface area contributed by atoms with Crippen molar-refractivity contribution in [3.8, 4) is 0 Å². The Bertz CT molecular complexity index is 1340. The minimum atomic E-state index is -4.68. The Labute approximate surface area is 204 Å². The SMILES string of the molecule is Cc1ccc2c(c1C)NC(=O)[C@@]21[C@@H]2C(=O)N(c3cc(C(F)(F)F)ccc3Cl)C(=O)[C@H]2[C@@H]2CCCN21. The number of imide groups is 1. The molecule has 6 nitrogen and oxygen atoms in total. The van der Waals surface area contributed by atoms with Crippen molar-refractivity contribution in [3.05, 3.63) is 57.6 Å². The van der Waals surface area contributed by atoms with E-state index in [2.05, 4.69) is 5.32 Å². The molecule has 3 saturated heterocycles. The van der Waals surface area contributed by atoms with E-state index < -0.39 is 40.9 Å². The van der Waals surface area contributed by atoms with Crippen LogP contribution < -0.4 is 10.2 Å². The summed E-state index contributed by atoms with van der Waals surface area (Å²) in [6, 6.07) is 5.92. The highest BCUT2D eigenvalue weighted by atomic mass is 35.5. The largest absolute Gasteiger partial charge is 0.416 e. The summed E-state index contributed by atoms with van der Waals surface area (Å²) in [4.78, 5) is 44.2. The van der Waals surface area contributed by atoms with Gasteiger partial charge in [0.25, 0.3) is 0 Å². The van der Waals surface area contributed by atoms with Crippen LogP contribution in [0.15, 0.2) is 30.3 Å². The number of halogens is 4. The number of amides is 3. The molecular formula is C25H21ClF3N3O3. The fraction of sp³-hybridized carbons (Fsp3) is 0.400. The second kappa shape index (κ2) is 7.07. The molecule has 4 aliphatic rings. The molecule has 4 heterocycles. The Morgan fingerprint density at radius 2 is 1.83 bits per heavy atom. The quantitative estimate of drug-likeness (QED) is 0.585. The first-order valence-electron chi connectivity index (χ1n) is 11.4. The average molecular weight is 504 g/mol. The summed E-state index contributed by atoms with van der Waals surface area (Å²) < 4.78 is 40.3. The van der Waals surface area contributed by atoms with E-state index in [-0.39, 0.29) is 22.7 Å². The van der Waals surface area contributed by atoms with Gasteiger partial charge in [0.15, 0.2) is 0 Å². The number of alkyl halides is 3. The number of fused-ring (bicyclic) bond motifs is 7. The number of carbonyl (C=O) groups is 3. The second-order valence-corrected chi connectivity index (χ2v) is 10.1. The monoisotopic (exact) mass is 503 g/mol. The number of carbonyl (C=O) groups excluding carboxylic acids is 3. The fourth-order valence-electron chi connectivity index (χ4n) is 6.62. The Hall–Kier alpha value is -2.91. The maximum atomic E-state index is 14.0. The molecule has 182 valence electrons. The predicted molar refractivity (Wildman–Crippen MR) is 122 cm³/mol. The number of hydrogen-bond acceptors (Lipinski definition) is 4. The molecule has 10 heteroatoms. The lowest BCUT2D eigenvalue weighted by atomic mass is 9.75. The zero-order valence-electron chi connectivity index (χ0n) is 18.9. The van der Waals surface area contributed by atoms with Gasteiger partial charge in [-0.1, -0.05) is 23.7 Å². The van der Waals surface area contributed by atoms with E-state index in [9.17, 15) is 27.6 Å². The number of rotatable bonds is 1. The number of nitrogens with one attached hydrogen (secondary N) is 1. The van der Waals surface area contributed by atoms with Crippen LogP contribution in [0.4, 0.5) is 24.5 Å². The normalized spacial score (nSPS) is 29.7. The van der Waals surface area contributed by atoms with Gasteiger partial charge in [-0.15, -0.1) is 0 Å². The standard InChI is InChI=1S/C25H21ClF3N3O3/c1-11-5-7-14-20(12(11)2)30-23(35)24(14)19-18(16-4-3-9-31(16)24)21(33)32(22(19)34)17-10-13(25(27,28)29)6-8-15(17)26/h5-8,10,16,18-19H,3-4,9H2,1-2H3,(H,30,35)/t16-,18-,19-,24-/m0/s1. The van der Waals surface area contributed by atoms with Crippen LogP contribution in [-0.4, -0.2) is 35.2 Å². The van der Waals surface area contributed by atoms with Crippen LogP contribution in [-0.2, 0) is 26.1 Å². The minimum absolute atomic E-state index is 0.139. The van der Waals surface area contributed by atoms with E-state index in [4.69, 9.17) is 11.6 Å². The Morgan fingerprint density at radius 1 is 1.09 bits per heavy atom. The topological polar surface area (TPSA) is 69.7 Å². The lowest BCUT2D eigenvalue weighted by molar-refractivity contribution is -0.137. The summed E-state index contributed by atoms with van der Waals surface area (Å²) >= 11 is 6.22. The molecule has 0 saturated carbocycles. The van der Waals surface area contributed by atoms with Gasteiger partial charge >= 0.3 is 6.18 Å². The molecule has 1 N–H and O–H groups in total. The van der Waals surface area contributed by atoms with Gasteiger partial charge < -0.3 is 5.32 Å². The minimum Gasteiger partial charge on any atom is -0.324 e. The highest BCUT2D eigenvalue weighted by Gasteiger charge is 2.74. The maximum absolute atomic E-state index is 14.0. The van der Waals surface area contributed by atoms with E-state index in [1.165, 1.54) is 0 Å². The summed E-state index contributed by atoms with van der Waals surface area (Å²) in [5.74, 6) is -3.60. The summed E-state index contributed by atoms with van der Waals surface area (Å²) in [5.41, 5.74) is 0.419. The van der Waals surface area contributed by atoms with Crippen LogP contribution >= 0.6 is 11.6 Å². The molecule has 3 fully saturated rings. The molecule has 4 atom stereocenters. The second-order valence-electron chi connectivity index (χ2n) is 9.73. The zero-order valence-corrected chi connectivity index (χ0v) is 19.6. The summed E-state index contributed by atoms with van der Waals surface area (Å²) in [5, 5.41) is 2.82. The lowest BCUT2D eigenvalue weighted by Gasteiger charge is -2.36. The number of aryl methyl sites for hydroxylation is 1. The van der Waals surface area contributed by atoms with Gasteiger partial charge in [0.2, 0.25) is 17.7 Å². The maximum Gasteiger partial charge on any atom is 0.416 e. The Balaban J connectivity index is 1.55. The molecule has 0 aromatic heterocycles. The molecule has 0 aliphatic carbocycles. The molecule has 3 amide bonds. The lowest BCUT2D eigenvalue weighted by Crippen LogP contribution is -2.54. The van der Waals surface area contributed by atoms with Crippen LogP contribution in [0.3, 0.4) is 0 Å². The first-order valence-corrected chi connectivity index (χ1v) is 11.8. The third-order valence-electron chi connectivity index (χ3n) is 8.21. The van der Waals surface area contributed by atoms with Gasteiger partial charge in [0.1, 0.15) is 5.54 Å². The first kappa shape index (κ1) is 22.5. The summed E-state index contributed by atoms with van der Waals surface area (Å²) in [6.45, 7) is 4.35. The van der Waals surface area contributed by atoms with Crippen molar-refractivity contribution in [2.45, 2.75) is 44.4 Å². The van der Waals surface area contributed by atoms with Crippen LogP contribution in [0.1, 0.15) is 35.1 Å². The van der Waals surface area contributed by atoms with Crippen molar-refractivity contribution in [2.24, 2.45) is 11.8 Å². The third kappa shape index (κ3) is 2.68. The molecule has 6 rings (SSSR count). The summed E-state index contributed by atoms with van der Waals surface area (Å²) in [7, 11) is 0. The van der Waals surface area contributed by atoms with Crippen molar-refractivity contribution in [1.82, 2.24) is 4.90 Å². The highest BCUT2D eigenvalue weighted by Crippen LogP contribution is 2.61. The smallest absolute Gasteiger partial charge is 0.324 e. The van der Waals surface area contributed by atoms with E-state index >= 15 is 0 Å². The van der Waals surface area contributed by atoms with Crippen LogP contribution in [0.2, 0.25) is 5.02 Å². The van der Waals surface area contributed by atoms with Crippen molar-refractivity contribution in [2.75, 3.05) is 16.8 Å². The van der Waals surface area contributed by atoms with Crippen molar-refractivity contribution < 1.29 is 27.6 Å². The zero-order chi connectivity index (χ0) is 25.0. The molecule has 0 radical (unpaired) electrons. The van der Waals surface area contributed by atoms with E-state index in [0.717, 1.165) is 40.6 Å². The van der Waals surface area contributed by atoms with E-state index in [0.29, 0.717) is 24.2 Å². The molecule has 35 heavy (non-hydrogen) atoms. The fourth-order valence-corrected chi connectivity index (χ4v) is 6.82. The van der Waals surface area contributed by atoms with Gasteiger partial charge in [-0.25, -0.2) is 4.90 Å². The highest BCUT2D eigenvalue weighted by molar-refractivity contribution is 6.36. The van der Waals surface area contributed by atoms with Gasteiger partial charge in [0.05, 0.1) is 28.1 Å². The molecule has 0 bridgehead atoms. The molecule has 2 aromatic rings. The van der Waals surface area contributed by atoms with Crippen molar-refractivity contribution in [1.29, 1.82) is 0 Å². The third-order valence-corrected chi connectivity index (χ3v) is 8.53.